The van der Waals surface area contributed by atoms with Crippen molar-refractivity contribution in [2.75, 3.05) is 25.5 Å². The molecule has 0 spiro atoms. The molecule has 3 rings (SSSR count). The second-order valence-corrected chi connectivity index (χ2v) is 7.20. The van der Waals surface area contributed by atoms with Crippen LogP contribution in [0.5, 0.6) is 0 Å². The molecule has 8 heteroatoms. The van der Waals surface area contributed by atoms with Crippen LogP contribution in [0.4, 0.5) is 10.9 Å². The number of ether oxygens (including phenoxy) is 1. The third-order valence-electron chi connectivity index (χ3n) is 4.42. The number of anilines is 2. The summed E-state index contributed by atoms with van der Waals surface area (Å²) >= 11 is 1.45. The van der Waals surface area contributed by atoms with Gasteiger partial charge in [0.2, 0.25) is 5.91 Å². The van der Waals surface area contributed by atoms with E-state index in [0.29, 0.717) is 25.9 Å². The monoisotopic (exact) mass is 374 g/mol. The number of aryl methyl sites for hydroxylation is 1. The Morgan fingerprint density at radius 2 is 2.15 bits per heavy atom. The first-order chi connectivity index (χ1) is 12.5. The molecule has 3 heterocycles. The van der Waals surface area contributed by atoms with Crippen molar-refractivity contribution in [2.45, 2.75) is 26.2 Å². The van der Waals surface area contributed by atoms with Crippen molar-refractivity contribution in [3.05, 3.63) is 35.0 Å². The van der Waals surface area contributed by atoms with E-state index in [-0.39, 0.29) is 24.2 Å². The lowest BCUT2D eigenvalue weighted by Gasteiger charge is -2.30. The summed E-state index contributed by atoms with van der Waals surface area (Å²) < 4.78 is 4.78. The number of aromatic nitrogens is 2. The highest BCUT2D eigenvalue weighted by Crippen LogP contribution is 2.22. The highest BCUT2D eigenvalue weighted by molar-refractivity contribution is 7.13. The number of esters is 1. The number of piperidine rings is 1. The average molecular weight is 374 g/mol. The van der Waals surface area contributed by atoms with Gasteiger partial charge in [0.05, 0.1) is 25.1 Å². The van der Waals surface area contributed by atoms with E-state index in [9.17, 15) is 9.59 Å². The summed E-state index contributed by atoms with van der Waals surface area (Å²) in [5, 5.41) is 5.77. The van der Waals surface area contributed by atoms with Gasteiger partial charge in [-0.3, -0.25) is 9.59 Å². The number of hydrogen-bond donors (Lipinski definition) is 1. The van der Waals surface area contributed by atoms with E-state index in [0.717, 1.165) is 22.2 Å². The molecule has 0 saturated carbocycles. The molecule has 1 aliphatic rings. The van der Waals surface area contributed by atoms with Gasteiger partial charge in [-0.1, -0.05) is 0 Å². The predicted octanol–water partition coefficient (Wildman–Crippen LogP) is 2.54. The summed E-state index contributed by atoms with van der Waals surface area (Å²) in [5.41, 5.74) is 1.86. The first-order valence-corrected chi connectivity index (χ1v) is 9.43. The molecule has 0 unspecified atom stereocenters. The summed E-state index contributed by atoms with van der Waals surface area (Å²) in [5.74, 6) is 0.499. The Kier molecular flexibility index (Phi) is 5.82. The molecule has 1 N–H and O–H groups in total. The maximum atomic E-state index is 12.5. The quantitative estimate of drug-likeness (QED) is 0.810. The van der Waals surface area contributed by atoms with Gasteiger partial charge in [0, 0.05) is 24.7 Å². The van der Waals surface area contributed by atoms with Crippen LogP contribution in [0.25, 0.3) is 0 Å². The van der Waals surface area contributed by atoms with Crippen LogP contribution in [-0.2, 0) is 20.7 Å². The zero-order chi connectivity index (χ0) is 18.5. The molecule has 1 saturated heterocycles. The van der Waals surface area contributed by atoms with Gasteiger partial charge in [-0.2, -0.15) is 0 Å². The number of nitrogens with one attached hydrogen (secondary N) is 1. The fourth-order valence-electron chi connectivity index (χ4n) is 2.96. The van der Waals surface area contributed by atoms with Gasteiger partial charge >= 0.3 is 5.97 Å². The topological polar surface area (TPSA) is 84.4 Å². The third kappa shape index (κ3) is 4.57. The van der Waals surface area contributed by atoms with E-state index in [1.807, 2.05) is 24.4 Å². The van der Waals surface area contributed by atoms with Gasteiger partial charge in [0.15, 0.2) is 5.13 Å². The number of thiazole rings is 1. The lowest BCUT2D eigenvalue weighted by molar-refractivity contribution is -0.148. The Balaban J connectivity index is 1.52. The summed E-state index contributed by atoms with van der Waals surface area (Å²) in [6.07, 6.45) is 3.32. The number of carbonyl (C=O) groups excluding carboxylic acids is 2. The minimum absolute atomic E-state index is 0.0406. The summed E-state index contributed by atoms with van der Waals surface area (Å²) in [4.78, 5) is 34.6. The number of nitrogens with zero attached hydrogens (tertiary/aromatic N) is 3. The van der Waals surface area contributed by atoms with Crippen LogP contribution in [0.2, 0.25) is 0 Å². The molecular formula is C18H22N4O3S. The number of pyridine rings is 1. The molecule has 2 aromatic heterocycles. The number of rotatable bonds is 5. The Hall–Kier alpha value is -2.48. The summed E-state index contributed by atoms with van der Waals surface area (Å²) in [6.45, 7) is 3.17. The molecule has 0 bridgehead atoms. The number of likely N-dealkylation sites (tertiary alicyclic amines) is 1. The third-order valence-corrected chi connectivity index (χ3v) is 5.22. The Morgan fingerprint density at radius 3 is 2.85 bits per heavy atom. The average Bonchev–Trinajstić information content (AvgIpc) is 3.08. The number of amides is 1. The standard InChI is InChI=1S/C18H22N4O3S/c1-12-3-6-19-15(9-12)21-18-20-14(11-26-18)10-16(23)22-7-4-13(5-8-22)17(24)25-2/h3,6,9,11,13H,4-5,7-8,10H2,1-2H3,(H,19,20,21). The molecule has 0 aromatic carbocycles. The number of carbonyl (C=O) groups is 2. The summed E-state index contributed by atoms with van der Waals surface area (Å²) in [6, 6.07) is 3.87. The molecule has 138 valence electrons. The molecule has 0 radical (unpaired) electrons. The van der Waals surface area contributed by atoms with Crippen LogP contribution in [0.15, 0.2) is 23.7 Å². The van der Waals surface area contributed by atoms with Crippen molar-refractivity contribution in [3.8, 4) is 0 Å². The minimum Gasteiger partial charge on any atom is -0.469 e. The van der Waals surface area contributed by atoms with Gasteiger partial charge in [-0.05, 0) is 37.5 Å². The molecule has 0 aliphatic carbocycles. The second-order valence-electron chi connectivity index (χ2n) is 6.34. The molecule has 1 amide bonds. The van der Waals surface area contributed by atoms with Crippen LogP contribution < -0.4 is 5.32 Å². The molecule has 2 aromatic rings. The van der Waals surface area contributed by atoms with Crippen molar-refractivity contribution < 1.29 is 14.3 Å². The van der Waals surface area contributed by atoms with Crippen molar-refractivity contribution in [1.82, 2.24) is 14.9 Å². The summed E-state index contributed by atoms with van der Waals surface area (Å²) in [7, 11) is 1.40. The predicted molar refractivity (Wildman–Crippen MR) is 99.4 cm³/mol. The first-order valence-electron chi connectivity index (χ1n) is 8.55. The molecule has 26 heavy (non-hydrogen) atoms. The zero-order valence-corrected chi connectivity index (χ0v) is 15.7. The van der Waals surface area contributed by atoms with E-state index in [2.05, 4.69) is 15.3 Å². The Labute approximate surface area is 156 Å². The molecule has 7 nitrogen and oxygen atoms in total. The first kappa shape index (κ1) is 18.3. The van der Waals surface area contributed by atoms with Gasteiger partial charge in [-0.25, -0.2) is 9.97 Å². The van der Waals surface area contributed by atoms with Crippen molar-refractivity contribution >= 4 is 34.2 Å². The van der Waals surface area contributed by atoms with Crippen LogP contribution in [0.3, 0.4) is 0 Å². The highest BCUT2D eigenvalue weighted by atomic mass is 32.1. The highest BCUT2D eigenvalue weighted by Gasteiger charge is 2.28. The van der Waals surface area contributed by atoms with Gasteiger partial charge in [-0.15, -0.1) is 11.3 Å². The van der Waals surface area contributed by atoms with Crippen molar-refractivity contribution in [3.63, 3.8) is 0 Å². The van der Waals surface area contributed by atoms with E-state index in [1.165, 1.54) is 18.4 Å². The van der Waals surface area contributed by atoms with Gasteiger partial charge in [0.25, 0.3) is 0 Å². The maximum absolute atomic E-state index is 12.5. The fourth-order valence-corrected chi connectivity index (χ4v) is 3.67. The number of methoxy groups -OCH3 is 1. The van der Waals surface area contributed by atoms with E-state index in [4.69, 9.17) is 4.74 Å². The molecule has 0 atom stereocenters. The van der Waals surface area contributed by atoms with Crippen molar-refractivity contribution in [1.29, 1.82) is 0 Å². The van der Waals surface area contributed by atoms with E-state index >= 15 is 0 Å². The Morgan fingerprint density at radius 1 is 1.38 bits per heavy atom. The normalized spacial score (nSPS) is 14.9. The van der Waals surface area contributed by atoms with Crippen molar-refractivity contribution in [2.24, 2.45) is 5.92 Å². The van der Waals surface area contributed by atoms with Crippen LogP contribution in [0, 0.1) is 12.8 Å². The van der Waals surface area contributed by atoms with Crippen LogP contribution >= 0.6 is 11.3 Å². The van der Waals surface area contributed by atoms with Gasteiger partial charge in [0.1, 0.15) is 5.82 Å². The van der Waals surface area contributed by atoms with E-state index in [1.54, 1.807) is 11.1 Å². The SMILES string of the molecule is COC(=O)C1CCN(C(=O)Cc2csc(Nc3cc(C)ccn3)n2)CC1. The smallest absolute Gasteiger partial charge is 0.308 e. The van der Waals surface area contributed by atoms with E-state index < -0.39 is 0 Å². The number of hydrogen-bond acceptors (Lipinski definition) is 7. The largest absolute Gasteiger partial charge is 0.469 e. The lowest BCUT2D eigenvalue weighted by Crippen LogP contribution is -2.41. The minimum atomic E-state index is -0.183. The fraction of sp³-hybridized carbons (Fsp3) is 0.444. The van der Waals surface area contributed by atoms with Gasteiger partial charge < -0.3 is 15.0 Å². The second kappa shape index (κ2) is 8.27. The van der Waals surface area contributed by atoms with Crippen LogP contribution in [0.1, 0.15) is 24.1 Å². The molecular weight excluding hydrogens is 352 g/mol. The lowest BCUT2D eigenvalue weighted by atomic mass is 9.97. The molecule has 1 fully saturated rings. The van der Waals surface area contributed by atoms with Crippen LogP contribution in [-0.4, -0.2) is 46.9 Å². The molecule has 1 aliphatic heterocycles. The zero-order valence-electron chi connectivity index (χ0n) is 14.9. The Bertz CT molecular complexity index is 784. The maximum Gasteiger partial charge on any atom is 0.308 e.